The zero-order chi connectivity index (χ0) is 20.5. The molecule has 0 unspecified atom stereocenters. The quantitative estimate of drug-likeness (QED) is 0.195. The number of unbranched alkanes of at least 4 members (excludes halogenated alkanes) is 8. The highest BCUT2D eigenvalue weighted by atomic mass is 16.9. The lowest BCUT2D eigenvalue weighted by atomic mass is 10.0. The van der Waals surface area contributed by atoms with E-state index in [0.29, 0.717) is 19.8 Å². The molecule has 0 aliphatic rings. The smallest absolute Gasteiger partial charge is 0.282 e. The Labute approximate surface area is 174 Å². The lowest BCUT2D eigenvalue weighted by Gasteiger charge is -2.32. The lowest BCUT2D eigenvalue weighted by Crippen LogP contribution is -2.39. The van der Waals surface area contributed by atoms with Gasteiger partial charge >= 0.3 is 0 Å². The first-order chi connectivity index (χ1) is 13.7. The minimum Gasteiger partial charge on any atom is -0.328 e. The standard InChI is InChI=1S/C25H44O3/c1-5-26-25(27-6-2,28-7-3)22-16-14-12-10-8-9-11-13-15-17-24-20-18-23(4)19-21-24/h18-21H,5-17,22H2,1-4H3. The molecule has 0 saturated heterocycles. The largest absolute Gasteiger partial charge is 0.328 e. The summed E-state index contributed by atoms with van der Waals surface area (Å²) < 4.78 is 17.4. The second-order valence-electron chi connectivity index (χ2n) is 7.65. The van der Waals surface area contributed by atoms with Gasteiger partial charge in [0, 0.05) is 26.2 Å². The summed E-state index contributed by atoms with van der Waals surface area (Å²) in [6, 6.07) is 8.98. The van der Waals surface area contributed by atoms with E-state index in [1.165, 1.54) is 68.9 Å². The fourth-order valence-corrected chi connectivity index (χ4v) is 3.66. The van der Waals surface area contributed by atoms with E-state index in [1.54, 1.807) is 0 Å². The molecule has 3 heteroatoms. The van der Waals surface area contributed by atoms with Gasteiger partial charge in [-0.1, -0.05) is 74.8 Å². The summed E-state index contributed by atoms with van der Waals surface area (Å²) in [6.07, 6.45) is 13.8. The predicted molar refractivity (Wildman–Crippen MR) is 119 cm³/mol. The molecule has 0 amide bonds. The van der Waals surface area contributed by atoms with Crippen LogP contribution in [-0.4, -0.2) is 25.8 Å². The molecule has 0 aromatic heterocycles. The molecule has 0 fully saturated rings. The number of aryl methyl sites for hydroxylation is 2. The van der Waals surface area contributed by atoms with E-state index in [9.17, 15) is 0 Å². The minimum atomic E-state index is -0.824. The van der Waals surface area contributed by atoms with Crippen molar-refractivity contribution in [3.05, 3.63) is 35.4 Å². The highest BCUT2D eigenvalue weighted by Gasteiger charge is 2.31. The number of benzene rings is 1. The van der Waals surface area contributed by atoms with Gasteiger partial charge in [-0.3, -0.25) is 0 Å². The molecule has 0 spiro atoms. The topological polar surface area (TPSA) is 27.7 Å². The number of ether oxygens (including phenoxy) is 3. The molecule has 0 aliphatic carbocycles. The Kier molecular flexibility index (Phi) is 14.3. The molecule has 0 radical (unpaired) electrons. The van der Waals surface area contributed by atoms with Crippen molar-refractivity contribution in [3.63, 3.8) is 0 Å². The van der Waals surface area contributed by atoms with Gasteiger partial charge in [-0.2, -0.15) is 0 Å². The van der Waals surface area contributed by atoms with E-state index >= 15 is 0 Å². The second kappa shape index (κ2) is 16.0. The Balaban J connectivity index is 2.00. The second-order valence-corrected chi connectivity index (χ2v) is 7.65. The van der Waals surface area contributed by atoms with Gasteiger partial charge in [0.25, 0.3) is 5.97 Å². The maximum Gasteiger partial charge on any atom is 0.282 e. The van der Waals surface area contributed by atoms with Crippen molar-refractivity contribution in [2.24, 2.45) is 0 Å². The Bertz CT molecular complexity index is 452. The van der Waals surface area contributed by atoms with Crippen molar-refractivity contribution < 1.29 is 14.2 Å². The third kappa shape index (κ3) is 11.2. The van der Waals surface area contributed by atoms with E-state index in [0.717, 1.165) is 12.8 Å². The molecule has 28 heavy (non-hydrogen) atoms. The van der Waals surface area contributed by atoms with Crippen molar-refractivity contribution in [3.8, 4) is 0 Å². The molecule has 162 valence electrons. The van der Waals surface area contributed by atoms with Crippen LogP contribution in [0.25, 0.3) is 0 Å². The van der Waals surface area contributed by atoms with Crippen LogP contribution >= 0.6 is 0 Å². The summed E-state index contributed by atoms with van der Waals surface area (Å²) in [4.78, 5) is 0. The number of hydrogen-bond acceptors (Lipinski definition) is 3. The average molecular weight is 393 g/mol. The predicted octanol–water partition coefficient (Wildman–Crippen LogP) is 7.20. The van der Waals surface area contributed by atoms with Gasteiger partial charge in [-0.05, 0) is 52.5 Å². The van der Waals surface area contributed by atoms with Crippen LogP contribution in [0.1, 0.15) is 96.1 Å². The van der Waals surface area contributed by atoms with Gasteiger partial charge in [-0.25, -0.2) is 0 Å². The monoisotopic (exact) mass is 392 g/mol. The van der Waals surface area contributed by atoms with Crippen LogP contribution in [-0.2, 0) is 20.6 Å². The summed E-state index contributed by atoms with van der Waals surface area (Å²) in [5.41, 5.74) is 2.83. The van der Waals surface area contributed by atoms with Gasteiger partial charge < -0.3 is 14.2 Å². The molecule has 0 saturated carbocycles. The Morgan fingerprint density at radius 3 is 1.50 bits per heavy atom. The first-order valence-electron chi connectivity index (χ1n) is 11.6. The van der Waals surface area contributed by atoms with E-state index in [2.05, 4.69) is 31.2 Å². The fourth-order valence-electron chi connectivity index (χ4n) is 3.66. The van der Waals surface area contributed by atoms with Crippen molar-refractivity contribution >= 4 is 0 Å². The molecular formula is C25H44O3. The summed E-state index contributed by atoms with van der Waals surface area (Å²) in [5, 5.41) is 0. The van der Waals surface area contributed by atoms with Crippen molar-refractivity contribution in [1.29, 1.82) is 0 Å². The van der Waals surface area contributed by atoms with Crippen molar-refractivity contribution in [2.45, 2.75) is 104 Å². The van der Waals surface area contributed by atoms with E-state index in [4.69, 9.17) is 14.2 Å². The molecule has 1 rings (SSSR count). The number of hydrogen-bond donors (Lipinski definition) is 0. The Hall–Kier alpha value is -0.900. The third-order valence-electron chi connectivity index (χ3n) is 5.16. The minimum absolute atomic E-state index is 0.615. The van der Waals surface area contributed by atoms with Crippen LogP contribution in [0, 0.1) is 6.92 Å². The normalized spacial score (nSPS) is 11.9. The summed E-state index contributed by atoms with van der Waals surface area (Å²) in [5.74, 6) is -0.824. The molecule has 0 atom stereocenters. The number of rotatable bonds is 18. The van der Waals surface area contributed by atoms with Gasteiger partial charge in [0.15, 0.2) is 0 Å². The highest BCUT2D eigenvalue weighted by molar-refractivity contribution is 5.21. The maximum atomic E-state index is 5.79. The lowest BCUT2D eigenvalue weighted by molar-refractivity contribution is -0.380. The summed E-state index contributed by atoms with van der Waals surface area (Å²) >= 11 is 0. The molecule has 0 aliphatic heterocycles. The maximum absolute atomic E-state index is 5.79. The van der Waals surface area contributed by atoms with Crippen LogP contribution in [0.4, 0.5) is 0 Å². The van der Waals surface area contributed by atoms with Gasteiger partial charge in [-0.15, -0.1) is 0 Å². The van der Waals surface area contributed by atoms with Crippen molar-refractivity contribution in [2.75, 3.05) is 19.8 Å². The molecule has 1 aromatic rings. The Morgan fingerprint density at radius 1 is 0.607 bits per heavy atom. The fraction of sp³-hybridized carbons (Fsp3) is 0.760. The molecule has 1 aromatic carbocycles. The van der Waals surface area contributed by atoms with E-state index in [-0.39, 0.29) is 0 Å². The first kappa shape index (κ1) is 25.1. The zero-order valence-corrected chi connectivity index (χ0v) is 18.9. The molecular weight excluding hydrogens is 348 g/mol. The Morgan fingerprint density at radius 2 is 1.04 bits per heavy atom. The van der Waals surface area contributed by atoms with Crippen molar-refractivity contribution in [1.82, 2.24) is 0 Å². The van der Waals surface area contributed by atoms with E-state index < -0.39 is 5.97 Å². The zero-order valence-electron chi connectivity index (χ0n) is 18.9. The SMILES string of the molecule is CCOC(CCCCCCCCCCCc1ccc(C)cc1)(OCC)OCC. The molecule has 0 N–H and O–H groups in total. The van der Waals surface area contributed by atoms with Crippen LogP contribution in [0.5, 0.6) is 0 Å². The van der Waals surface area contributed by atoms with Crippen LogP contribution in [0.15, 0.2) is 24.3 Å². The molecule has 0 heterocycles. The average Bonchev–Trinajstić information content (AvgIpc) is 2.68. The third-order valence-corrected chi connectivity index (χ3v) is 5.16. The summed E-state index contributed by atoms with van der Waals surface area (Å²) in [7, 11) is 0. The van der Waals surface area contributed by atoms with E-state index in [1.807, 2.05) is 20.8 Å². The van der Waals surface area contributed by atoms with Crippen LogP contribution in [0.2, 0.25) is 0 Å². The highest BCUT2D eigenvalue weighted by Crippen LogP contribution is 2.24. The molecule has 3 nitrogen and oxygen atoms in total. The van der Waals surface area contributed by atoms with Crippen LogP contribution < -0.4 is 0 Å². The first-order valence-corrected chi connectivity index (χ1v) is 11.6. The molecule has 0 bridgehead atoms. The summed E-state index contributed by atoms with van der Waals surface area (Å²) in [6.45, 7) is 9.98. The van der Waals surface area contributed by atoms with Gasteiger partial charge in [0.05, 0.1) is 0 Å². The van der Waals surface area contributed by atoms with Gasteiger partial charge in [0.2, 0.25) is 0 Å². The van der Waals surface area contributed by atoms with Gasteiger partial charge in [0.1, 0.15) is 0 Å². The van der Waals surface area contributed by atoms with Crippen LogP contribution in [0.3, 0.4) is 0 Å².